The minimum absolute atomic E-state index is 0.107. The molecule has 0 aromatic carbocycles. The molecule has 106 valence electrons. The number of carboxylic acid groups (broad SMARTS) is 1. The summed E-state index contributed by atoms with van der Waals surface area (Å²) >= 11 is 1.12. The van der Waals surface area contributed by atoms with Crippen LogP contribution in [0.4, 0.5) is 0 Å². The summed E-state index contributed by atoms with van der Waals surface area (Å²) in [7, 11) is 1.55. The van der Waals surface area contributed by atoms with Crippen LogP contribution >= 0.6 is 11.3 Å². The highest BCUT2D eigenvalue weighted by Crippen LogP contribution is 2.28. The van der Waals surface area contributed by atoms with E-state index in [1.807, 2.05) is 0 Å². The van der Waals surface area contributed by atoms with Crippen molar-refractivity contribution in [1.82, 2.24) is 5.32 Å². The van der Waals surface area contributed by atoms with Gasteiger partial charge in [-0.3, -0.25) is 4.79 Å². The maximum atomic E-state index is 11.6. The summed E-state index contributed by atoms with van der Waals surface area (Å²) in [5.41, 5.74) is 0. The quantitative estimate of drug-likeness (QED) is 0.789. The molecule has 7 heteroatoms. The number of carboxylic acids is 1. The monoisotopic (exact) mass is 287 g/mol. The molecule has 1 amide bonds. The summed E-state index contributed by atoms with van der Waals surface area (Å²) in [6, 6.07) is 1.49. The van der Waals surface area contributed by atoms with Gasteiger partial charge in [0.1, 0.15) is 5.75 Å². The molecule has 2 N–H and O–H groups in total. The van der Waals surface area contributed by atoms with E-state index < -0.39 is 5.97 Å². The van der Waals surface area contributed by atoms with Crippen molar-refractivity contribution in [3.8, 4) is 5.75 Å². The van der Waals surface area contributed by atoms with Crippen LogP contribution in [0.15, 0.2) is 6.07 Å². The van der Waals surface area contributed by atoms with E-state index in [4.69, 9.17) is 14.6 Å². The van der Waals surface area contributed by atoms with Crippen LogP contribution in [0, 0.1) is 6.92 Å². The third-order valence-electron chi connectivity index (χ3n) is 2.20. The molecule has 0 aliphatic carbocycles. The first-order chi connectivity index (χ1) is 8.93. The minimum atomic E-state index is -1.05. The lowest BCUT2D eigenvalue weighted by Gasteiger charge is -2.12. The zero-order valence-corrected chi connectivity index (χ0v) is 11.9. The Hall–Kier alpha value is -1.60. The maximum absolute atomic E-state index is 11.6. The van der Waals surface area contributed by atoms with Gasteiger partial charge in [0.2, 0.25) is 0 Å². The molecule has 0 spiro atoms. The molecule has 0 aliphatic heterocycles. The second-order valence-electron chi connectivity index (χ2n) is 4.07. The van der Waals surface area contributed by atoms with E-state index in [9.17, 15) is 9.59 Å². The number of ether oxygens (including phenoxy) is 2. The Morgan fingerprint density at radius 2 is 2.21 bits per heavy atom. The number of hydrogen-bond donors (Lipinski definition) is 2. The standard InChI is InChI=1S/C12H17NO5S/c1-7(5-17-3)13-10(14)6-18-9-4-8(2)19-11(9)12(15)16/h4,7H,5-6H2,1-3H3,(H,13,14)(H,15,16). The average molecular weight is 287 g/mol. The lowest BCUT2D eigenvalue weighted by atomic mass is 10.3. The van der Waals surface area contributed by atoms with Gasteiger partial charge in [-0.25, -0.2) is 4.79 Å². The molecule has 1 atom stereocenters. The molecule has 0 aliphatic rings. The lowest BCUT2D eigenvalue weighted by Crippen LogP contribution is -2.38. The Balaban J connectivity index is 2.52. The molecule has 19 heavy (non-hydrogen) atoms. The van der Waals surface area contributed by atoms with Crippen LogP contribution in [-0.4, -0.2) is 43.3 Å². The van der Waals surface area contributed by atoms with Crippen molar-refractivity contribution in [2.75, 3.05) is 20.3 Å². The zero-order valence-electron chi connectivity index (χ0n) is 11.1. The third kappa shape index (κ3) is 4.88. The van der Waals surface area contributed by atoms with Crippen LogP contribution in [0.2, 0.25) is 0 Å². The molecule has 0 saturated carbocycles. The largest absolute Gasteiger partial charge is 0.482 e. The molecule has 1 heterocycles. The van der Waals surface area contributed by atoms with Crippen molar-refractivity contribution in [2.24, 2.45) is 0 Å². The summed E-state index contributed by atoms with van der Waals surface area (Å²) in [6.45, 7) is 3.78. The molecular formula is C12H17NO5S. The predicted octanol–water partition coefficient (Wildman–Crippen LogP) is 1.28. The molecule has 0 radical (unpaired) electrons. The van der Waals surface area contributed by atoms with Gasteiger partial charge in [0.05, 0.1) is 6.61 Å². The molecular weight excluding hydrogens is 270 g/mol. The van der Waals surface area contributed by atoms with Gasteiger partial charge >= 0.3 is 5.97 Å². The smallest absolute Gasteiger partial charge is 0.349 e. The van der Waals surface area contributed by atoms with Crippen LogP contribution in [0.5, 0.6) is 5.75 Å². The van der Waals surface area contributed by atoms with E-state index in [1.54, 1.807) is 27.0 Å². The Kier molecular flexibility index (Phi) is 5.78. The van der Waals surface area contributed by atoms with Gasteiger partial charge in [-0.05, 0) is 19.9 Å². The Morgan fingerprint density at radius 3 is 2.79 bits per heavy atom. The van der Waals surface area contributed by atoms with Crippen molar-refractivity contribution in [3.63, 3.8) is 0 Å². The fraction of sp³-hybridized carbons (Fsp3) is 0.500. The van der Waals surface area contributed by atoms with Gasteiger partial charge in [-0.15, -0.1) is 11.3 Å². The van der Waals surface area contributed by atoms with Gasteiger partial charge in [-0.1, -0.05) is 0 Å². The number of thiophene rings is 1. The zero-order chi connectivity index (χ0) is 14.4. The van der Waals surface area contributed by atoms with Gasteiger partial charge < -0.3 is 19.9 Å². The fourth-order valence-electron chi connectivity index (χ4n) is 1.50. The summed E-state index contributed by atoms with van der Waals surface area (Å²) in [5.74, 6) is -1.14. The SMILES string of the molecule is COCC(C)NC(=O)COc1cc(C)sc1C(=O)O. The number of carbonyl (C=O) groups is 2. The third-order valence-corrected chi connectivity index (χ3v) is 3.22. The first-order valence-electron chi connectivity index (χ1n) is 5.69. The molecule has 6 nitrogen and oxygen atoms in total. The number of rotatable bonds is 7. The number of aryl methyl sites for hydroxylation is 1. The summed E-state index contributed by atoms with van der Waals surface area (Å²) in [4.78, 5) is 23.4. The number of aromatic carboxylic acids is 1. The van der Waals surface area contributed by atoms with Gasteiger partial charge in [0, 0.05) is 18.0 Å². The van der Waals surface area contributed by atoms with E-state index in [2.05, 4.69) is 5.32 Å². The van der Waals surface area contributed by atoms with E-state index >= 15 is 0 Å². The highest BCUT2D eigenvalue weighted by atomic mass is 32.1. The van der Waals surface area contributed by atoms with E-state index in [0.717, 1.165) is 16.2 Å². The lowest BCUT2D eigenvalue weighted by molar-refractivity contribution is -0.124. The number of amides is 1. The molecule has 0 saturated heterocycles. The molecule has 1 aromatic heterocycles. The van der Waals surface area contributed by atoms with E-state index in [1.165, 1.54) is 0 Å². The Bertz CT molecular complexity index is 457. The maximum Gasteiger partial charge on any atom is 0.349 e. The number of hydrogen-bond acceptors (Lipinski definition) is 5. The van der Waals surface area contributed by atoms with Crippen molar-refractivity contribution in [3.05, 3.63) is 15.8 Å². The predicted molar refractivity (Wildman–Crippen MR) is 71.0 cm³/mol. The summed E-state index contributed by atoms with van der Waals surface area (Å²) < 4.78 is 10.1. The van der Waals surface area contributed by atoms with Crippen molar-refractivity contribution < 1.29 is 24.2 Å². The van der Waals surface area contributed by atoms with E-state index in [0.29, 0.717) is 6.61 Å². The van der Waals surface area contributed by atoms with Crippen molar-refractivity contribution >= 4 is 23.2 Å². The van der Waals surface area contributed by atoms with Crippen molar-refractivity contribution in [1.29, 1.82) is 0 Å². The number of carbonyl (C=O) groups excluding carboxylic acids is 1. The minimum Gasteiger partial charge on any atom is -0.482 e. The highest BCUT2D eigenvalue weighted by Gasteiger charge is 2.16. The Labute approximate surface area is 115 Å². The average Bonchev–Trinajstić information content (AvgIpc) is 2.68. The summed E-state index contributed by atoms with van der Waals surface area (Å²) in [6.07, 6.45) is 0. The van der Waals surface area contributed by atoms with Crippen LogP contribution in [0.25, 0.3) is 0 Å². The van der Waals surface area contributed by atoms with Crippen LogP contribution in [0.3, 0.4) is 0 Å². The highest BCUT2D eigenvalue weighted by molar-refractivity contribution is 7.14. The molecule has 0 fully saturated rings. The molecule has 1 aromatic rings. The topological polar surface area (TPSA) is 84.9 Å². The Morgan fingerprint density at radius 1 is 1.53 bits per heavy atom. The molecule has 0 bridgehead atoms. The second-order valence-corrected chi connectivity index (χ2v) is 5.32. The number of nitrogens with one attached hydrogen (secondary N) is 1. The normalized spacial score (nSPS) is 11.9. The van der Waals surface area contributed by atoms with Crippen molar-refractivity contribution in [2.45, 2.75) is 19.9 Å². The number of methoxy groups -OCH3 is 1. The molecule has 1 rings (SSSR count). The first kappa shape index (κ1) is 15.5. The molecule has 1 unspecified atom stereocenters. The first-order valence-corrected chi connectivity index (χ1v) is 6.50. The van der Waals surface area contributed by atoms with Crippen LogP contribution < -0.4 is 10.1 Å². The fourth-order valence-corrected chi connectivity index (χ4v) is 2.29. The van der Waals surface area contributed by atoms with Gasteiger partial charge in [0.25, 0.3) is 5.91 Å². The second kappa shape index (κ2) is 7.10. The van der Waals surface area contributed by atoms with Crippen LogP contribution in [0.1, 0.15) is 21.5 Å². The summed E-state index contributed by atoms with van der Waals surface area (Å²) in [5, 5.41) is 11.6. The van der Waals surface area contributed by atoms with Crippen LogP contribution in [-0.2, 0) is 9.53 Å². The van der Waals surface area contributed by atoms with Gasteiger partial charge in [-0.2, -0.15) is 0 Å². The van der Waals surface area contributed by atoms with E-state index in [-0.39, 0.29) is 29.2 Å². The van der Waals surface area contributed by atoms with Gasteiger partial charge in [0.15, 0.2) is 11.5 Å².